The van der Waals surface area contributed by atoms with Gasteiger partial charge in [-0.25, -0.2) is 0 Å². The molecule has 0 aliphatic rings. The molecule has 0 aliphatic carbocycles. The first-order valence-corrected chi connectivity index (χ1v) is 12.8. The Morgan fingerprint density at radius 2 is 1.15 bits per heavy atom. The summed E-state index contributed by atoms with van der Waals surface area (Å²) in [5.41, 5.74) is 0. The molecular formula is C21H49NO4Si. The van der Waals surface area contributed by atoms with Crippen LogP contribution in [0.5, 0.6) is 0 Å². The highest BCUT2D eigenvalue weighted by Gasteiger charge is 2.47. The molecule has 0 aromatic heterocycles. The maximum absolute atomic E-state index is 6.33. The molecule has 0 aromatic rings. The molecule has 5 nitrogen and oxygen atoms in total. The summed E-state index contributed by atoms with van der Waals surface area (Å²) in [4.78, 5) is 2.16. The van der Waals surface area contributed by atoms with Gasteiger partial charge >= 0.3 is 9.05 Å². The van der Waals surface area contributed by atoms with Gasteiger partial charge in [0.1, 0.15) is 0 Å². The number of likely N-dealkylation sites (N-methyl/N-ethyl adjacent to an activating group) is 1. The Bertz CT molecular complexity index is 276. The lowest BCUT2D eigenvalue weighted by Gasteiger charge is -2.32. The lowest BCUT2D eigenvalue weighted by molar-refractivity contribution is -0.0562. The van der Waals surface area contributed by atoms with Crippen molar-refractivity contribution < 1.29 is 17.7 Å². The molecule has 1 atom stereocenters. The third kappa shape index (κ3) is 17.8. The first-order chi connectivity index (χ1) is 12.9. The fourth-order valence-electron chi connectivity index (χ4n) is 2.71. The molecule has 0 rings (SSSR count). The zero-order chi connectivity index (χ0) is 21.0. The van der Waals surface area contributed by atoms with Gasteiger partial charge in [-0.2, -0.15) is 0 Å². The number of hydrogen-bond donors (Lipinski definition) is 0. The number of nitrogens with zero attached hydrogens (tertiary/aromatic N) is 1. The van der Waals surface area contributed by atoms with Crippen LogP contribution in [-0.4, -0.2) is 60.5 Å². The number of hydrogen-bond acceptors (Lipinski definition) is 5. The molecule has 0 saturated carbocycles. The third-order valence-corrected chi connectivity index (χ3v) is 6.27. The predicted octanol–water partition coefficient (Wildman–Crippen LogP) is 5.65. The average molecular weight is 408 g/mol. The molecule has 0 radical (unpaired) electrons. The fourth-order valence-corrected chi connectivity index (χ4v) is 4.82. The lowest BCUT2D eigenvalue weighted by atomic mass is 10.1. The highest BCUT2D eigenvalue weighted by atomic mass is 28.4. The van der Waals surface area contributed by atoms with Crippen LogP contribution in [0.15, 0.2) is 0 Å². The van der Waals surface area contributed by atoms with Crippen molar-refractivity contribution >= 4 is 9.05 Å². The SMILES string of the molecule is CCC.CCCCCCCCC(CN(C)C)O[Si](OCC)(OCC)OCC. The molecule has 166 valence electrons. The van der Waals surface area contributed by atoms with E-state index in [0.29, 0.717) is 19.8 Å². The van der Waals surface area contributed by atoms with Crippen molar-refractivity contribution in [3.05, 3.63) is 0 Å². The predicted molar refractivity (Wildman–Crippen MR) is 118 cm³/mol. The van der Waals surface area contributed by atoms with Crippen molar-refractivity contribution in [2.75, 3.05) is 40.5 Å². The van der Waals surface area contributed by atoms with E-state index < -0.39 is 9.05 Å². The first kappa shape index (κ1) is 29.2. The van der Waals surface area contributed by atoms with Crippen LogP contribution >= 0.6 is 0 Å². The van der Waals surface area contributed by atoms with E-state index >= 15 is 0 Å². The molecule has 0 amide bonds. The molecule has 0 N–H and O–H groups in total. The van der Waals surface area contributed by atoms with Gasteiger partial charge in [-0.15, -0.1) is 0 Å². The van der Waals surface area contributed by atoms with Crippen LogP contribution in [0.25, 0.3) is 0 Å². The van der Waals surface area contributed by atoms with Gasteiger partial charge in [-0.3, -0.25) is 0 Å². The van der Waals surface area contributed by atoms with Crippen molar-refractivity contribution in [2.45, 2.75) is 99.0 Å². The largest absolute Gasteiger partial charge is 0.679 e. The van der Waals surface area contributed by atoms with E-state index in [2.05, 4.69) is 39.8 Å². The zero-order valence-electron chi connectivity index (χ0n) is 19.6. The highest BCUT2D eigenvalue weighted by Crippen LogP contribution is 2.19. The maximum Gasteiger partial charge on any atom is 0.679 e. The van der Waals surface area contributed by atoms with E-state index in [-0.39, 0.29) is 6.10 Å². The minimum absolute atomic E-state index is 0.0856. The van der Waals surface area contributed by atoms with E-state index in [1.807, 2.05) is 20.8 Å². The Kier molecular flexibility index (Phi) is 22.4. The van der Waals surface area contributed by atoms with Crippen LogP contribution < -0.4 is 0 Å². The second-order valence-electron chi connectivity index (χ2n) is 7.06. The Labute approximate surface area is 171 Å². The Hall–Kier alpha value is 0.0169. The van der Waals surface area contributed by atoms with Gasteiger partial charge in [-0.05, 0) is 41.3 Å². The smallest absolute Gasteiger partial charge is 0.351 e. The van der Waals surface area contributed by atoms with Gasteiger partial charge in [0.25, 0.3) is 0 Å². The van der Waals surface area contributed by atoms with E-state index in [0.717, 1.165) is 13.0 Å². The molecule has 6 heteroatoms. The van der Waals surface area contributed by atoms with Crippen LogP contribution in [0.3, 0.4) is 0 Å². The van der Waals surface area contributed by atoms with Crippen LogP contribution in [-0.2, 0) is 17.7 Å². The molecule has 0 saturated heterocycles. The monoisotopic (exact) mass is 407 g/mol. The van der Waals surface area contributed by atoms with Crippen molar-refractivity contribution in [1.82, 2.24) is 4.90 Å². The van der Waals surface area contributed by atoms with E-state index in [4.69, 9.17) is 17.7 Å². The topological polar surface area (TPSA) is 40.2 Å². The minimum Gasteiger partial charge on any atom is -0.351 e. The van der Waals surface area contributed by atoms with Crippen LogP contribution in [0, 0.1) is 0 Å². The van der Waals surface area contributed by atoms with Gasteiger partial charge in [-0.1, -0.05) is 65.7 Å². The number of rotatable bonds is 17. The highest BCUT2D eigenvalue weighted by molar-refractivity contribution is 6.53. The Morgan fingerprint density at radius 1 is 0.704 bits per heavy atom. The summed E-state index contributed by atoms with van der Waals surface area (Å²) in [5, 5.41) is 0. The summed E-state index contributed by atoms with van der Waals surface area (Å²) >= 11 is 0. The quantitative estimate of drug-likeness (QED) is 0.230. The van der Waals surface area contributed by atoms with Crippen molar-refractivity contribution in [1.29, 1.82) is 0 Å². The molecule has 0 aliphatic heterocycles. The van der Waals surface area contributed by atoms with Crippen LogP contribution in [0.4, 0.5) is 0 Å². The fraction of sp³-hybridized carbons (Fsp3) is 1.00. The summed E-state index contributed by atoms with van der Waals surface area (Å²) in [6.07, 6.45) is 10.1. The minimum atomic E-state index is -3.03. The lowest BCUT2D eigenvalue weighted by Crippen LogP contribution is -2.53. The van der Waals surface area contributed by atoms with Gasteiger partial charge < -0.3 is 22.6 Å². The van der Waals surface area contributed by atoms with E-state index in [1.54, 1.807) is 0 Å². The zero-order valence-corrected chi connectivity index (χ0v) is 20.6. The van der Waals surface area contributed by atoms with Gasteiger partial charge in [0, 0.05) is 26.4 Å². The van der Waals surface area contributed by atoms with E-state index in [9.17, 15) is 0 Å². The molecule has 1 unspecified atom stereocenters. The van der Waals surface area contributed by atoms with Crippen molar-refractivity contribution in [3.63, 3.8) is 0 Å². The van der Waals surface area contributed by atoms with Crippen molar-refractivity contribution in [3.8, 4) is 0 Å². The van der Waals surface area contributed by atoms with Crippen molar-refractivity contribution in [2.24, 2.45) is 0 Å². The first-order valence-electron chi connectivity index (χ1n) is 11.2. The van der Waals surface area contributed by atoms with Crippen LogP contribution in [0.2, 0.25) is 0 Å². The summed E-state index contributed by atoms with van der Waals surface area (Å²) in [5.74, 6) is 0. The van der Waals surface area contributed by atoms with Gasteiger partial charge in [0.15, 0.2) is 0 Å². The van der Waals surface area contributed by atoms with Gasteiger partial charge in [0.2, 0.25) is 0 Å². The Balaban J connectivity index is 0. The standard InChI is InChI=1S/C18H41NO4Si.C3H8/c1-7-11-12-13-14-15-16-18(17-19(5)6)23-24(20-8-2,21-9-3)22-10-4;1-3-2/h18H,7-17H2,1-6H3;3H2,1-2H3. The second-order valence-corrected chi connectivity index (χ2v) is 9.17. The normalized spacial score (nSPS) is 12.8. The molecule has 0 spiro atoms. The molecule has 0 bridgehead atoms. The molecule has 0 aromatic carbocycles. The molecule has 27 heavy (non-hydrogen) atoms. The Morgan fingerprint density at radius 3 is 1.56 bits per heavy atom. The second kappa shape index (κ2) is 20.7. The molecular weight excluding hydrogens is 358 g/mol. The summed E-state index contributed by atoms with van der Waals surface area (Å²) < 4.78 is 23.8. The number of unbranched alkanes of at least 4 members (excludes halogenated alkanes) is 5. The third-order valence-electron chi connectivity index (χ3n) is 3.72. The maximum atomic E-state index is 6.33. The summed E-state index contributed by atoms with van der Waals surface area (Å²) in [6, 6.07) is 0. The summed E-state index contributed by atoms with van der Waals surface area (Å²) in [6.45, 7) is 14.8. The molecule has 0 fully saturated rings. The average Bonchev–Trinajstić information content (AvgIpc) is 2.59. The van der Waals surface area contributed by atoms with Gasteiger partial charge in [0.05, 0.1) is 6.10 Å². The summed E-state index contributed by atoms with van der Waals surface area (Å²) in [7, 11) is 1.11. The molecule has 0 heterocycles. The van der Waals surface area contributed by atoms with E-state index in [1.165, 1.54) is 44.9 Å². The van der Waals surface area contributed by atoms with Crippen LogP contribution in [0.1, 0.15) is 92.9 Å².